The Labute approximate surface area is 187 Å². The summed E-state index contributed by atoms with van der Waals surface area (Å²) in [6.45, 7) is 3.01. The number of amides is 2. The molecule has 0 radical (unpaired) electrons. The van der Waals surface area contributed by atoms with Gasteiger partial charge in [0, 0.05) is 18.8 Å². The van der Waals surface area contributed by atoms with Crippen molar-refractivity contribution in [3.05, 3.63) is 50.3 Å². The first kappa shape index (κ1) is 22.2. The normalized spacial score (nSPS) is 13.9. The number of carbonyl (C=O) groups is 2. The van der Waals surface area contributed by atoms with Crippen molar-refractivity contribution < 1.29 is 18.9 Å². The molecule has 33 heavy (non-hydrogen) atoms. The quantitative estimate of drug-likeness (QED) is 0.408. The van der Waals surface area contributed by atoms with Crippen molar-refractivity contribution in [1.29, 1.82) is 0 Å². The van der Waals surface area contributed by atoms with Gasteiger partial charge in [0.25, 0.3) is 5.91 Å². The molecule has 1 fully saturated rings. The van der Waals surface area contributed by atoms with Crippen molar-refractivity contribution in [2.24, 2.45) is 0 Å². The van der Waals surface area contributed by atoms with Crippen LogP contribution in [0.2, 0.25) is 0 Å². The summed E-state index contributed by atoms with van der Waals surface area (Å²) in [7, 11) is 0. The monoisotopic (exact) mass is 456 g/mol. The molecule has 3 heterocycles. The van der Waals surface area contributed by atoms with E-state index < -0.39 is 16.6 Å². The third kappa shape index (κ3) is 4.49. The largest absolute Gasteiger partial charge is 0.420 e. The average Bonchev–Trinajstić information content (AvgIpc) is 3.36. The second kappa shape index (κ2) is 9.27. The molecular weight excluding hydrogens is 432 g/mol. The molecular formula is C21H24N6O6. The van der Waals surface area contributed by atoms with E-state index >= 15 is 0 Å². The molecule has 2 amide bonds. The van der Waals surface area contributed by atoms with Crippen molar-refractivity contribution in [3.63, 3.8) is 0 Å². The minimum atomic E-state index is -0.763. The molecule has 1 saturated heterocycles. The van der Waals surface area contributed by atoms with E-state index in [1.165, 1.54) is 22.8 Å². The SMILES string of the molecule is CCCc1[nH]nc(C(=O)Nc2ccc3oc(=O)n(CC(=O)N4CCCCC4)c3c2)c1[N+](=O)[O-]. The lowest BCUT2D eigenvalue weighted by atomic mass is 10.1. The maximum Gasteiger partial charge on any atom is 0.420 e. The second-order valence-electron chi connectivity index (χ2n) is 7.94. The number of fused-ring (bicyclic) bond motifs is 1. The Morgan fingerprint density at radius 3 is 2.73 bits per heavy atom. The van der Waals surface area contributed by atoms with Gasteiger partial charge in [-0.15, -0.1) is 0 Å². The topological polar surface area (TPSA) is 156 Å². The maximum absolute atomic E-state index is 12.7. The second-order valence-corrected chi connectivity index (χ2v) is 7.94. The van der Waals surface area contributed by atoms with Crippen LogP contribution in [0, 0.1) is 10.1 Å². The van der Waals surface area contributed by atoms with Crippen LogP contribution >= 0.6 is 0 Å². The molecule has 174 valence electrons. The summed E-state index contributed by atoms with van der Waals surface area (Å²) in [5, 5.41) is 20.4. The van der Waals surface area contributed by atoms with Crippen LogP contribution in [-0.2, 0) is 17.8 Å². The third-order valence-electron chi connectivity index (χ3n) is 5.64. The van der Waals surface area contributed by atoms with Crippen molar-refractivity contribution in [3.8, 4) is 0 Å². The number of anilines is 1. The summed E-state index contributed by atoms with van der Waals surface area (Å²) in [4.78, 5) is 50.3. The number of oxazole rings is 1. The number of nitrogens with one attached hydrogen (secondary N) is 2. The first-order chi connectivity index (χ1) is 15.9. The summed E-state index contributed by atoms with van der Waals surface area (Å²) in [5.41, 5.74) is 0.479. The van der Waals surface area contributed by atoms with E-state index in [-0.39, 0.29) is 40.8 Å². The van der Waals surface area contributed by atoms with Crippen LogP contribution in [0.15, 0.2) is 27.4 Å². The molecule has 1 aliphatic rings. The summed E-state index contributed by atoms with van der Waals surface area (Å²) in [5.74, 6) is -1.61. The van der Waals surface area contributed by atoms with Crippen LogP contribution in [0.5, 0.6) is 0 Å². The molecule has 12 heteroatoms. The number of nitrogens with zero attached hydrogens (tertiary/aromatic N) is 4. The zero-order valence-electron chi connectivity index (χ0n) is 18.1. The molecule has 0 bridgehead atoms. The maximum atomic E-state index is 12.7. The number of likely N-dealkylation sites (tertiary alicyclic amines) is 1. The van der Waals surface area contributed by atoms with Crippen molar-refractivity contribution in [2.45, 2.75) is 45.6 Å². The zero-order valence-corrected chi connectivity index (χ0v) is 18.1. The molecule has 4 rings (SSSR count). The third-order valence-corrected chi connectivity index (χ3v) is 5.64. The minimum Gasteiger partial charge on any atom is -0.408 e. The van der Waals surface area contributed by atoms with Gasteiger partial charge in [0.1, 0.15) is 12.2 Å². The van der Waals surface area contributed by atoms with Crippen LogP contribution in [0.25, 0.3) is 11.1 Å². The Morgan fingerprint density at radius 2 is 2.03 bits per heavy atom. The number of hydrogen-bond donors (Lipinski definition) is 2. The summed E-state index contributed by atoms with van der Waals surface area (Å²) in [6, 6.07) is 4.49. The Hall–Kier alpha value is -3.96. The molecule has 2 aromatic heterocycles. The van der Waals surface area contributed by atoms with E-state index in [0.717, 1.165) is 19.3 Å². The Bertz CT molecular complexity index is 1270. The van der Waals surface area contributed by atoms with Gasteiger partial charge >= 0.3 is 11.4 Å². The fourth-order valence-corrected chi connectivity index (χ4v) is 4.01. The van der Waals surface area contributed by atoms with E-state index in [2.05, 4.69) is 15.5 Å². The van der Waals surface area contributed by atoms with Gasteiger partial charge in [-0.1, -0.05) is 13.3 Å². The highest BCUT2D eigenvalue weighted by atomic mass is 16.6. The number of hydrogen-bond acceptors (Lipinski definition) is 7. The number of aryl methyl sites for hydroxylation is 1. The number of nitro groups is 1. The van der Waals surface area contributed by atoms with E-state index in [1.54, 1.807) is 4.90 Å². The van der Waals surface area contributed by atoms with Gasteiger partial charge in [-0.25, -0.2) is 4.79 Å². The number of carbonyl (C=O) groups excluding carboxylic acids is 2. The number of aromatic nitrogens is 3. The van der Waals surface area contributed by atoms with Crippen molar-refractivity contribution in [2.75, 3.05) is 18.4 Å². The van der Waals surface area contributed by atoms with Gasteiger partial charge in [0.15, 0.2) is 5.58 Å². The molecule has 0 aliphatic carbocycles. The van der Waals surface area contributed by atoms with Gasteiger partial charge < -0.3 is 14.6 Å². The van der Waals surface area contributed by atoms with Gasteiger partial charge in [-0.05, 0) is 43.9 Å². The van der Waals surface area contributed by atoms with Crippen LogP contribution in [0.3, 0.4) is 0 Å². The number of benzene rings is 1. The Balaban J connectivity index is 1.59. The molecule has 1 aromatic carbocycles. The fraction of sp³-hybridized carbons (Fsp3) is 0.429. The van der Waals surface area contributed by atoms with E-state index in [1.807, 2.05) is 6.92 Å². The summed E-state index contributed by atoms with van der Waals surface area (Å²) >= 11 is 0. The predicted octanol–water partition coefficient (Wildman–Crippen LogP) is 2.44. The lowest BCUT2D eigenvalue weighted by molar-refractivity contribution is -0.385. The first-order valence-corrected chi connectivity index (χ1v) is 10.8. The zero-order chi connectivity index (χ0) is 23.5. The van der Waals surface area contributed by atoms with Crippen LogP contribution < -0.4 is 11.1 Å². The summed E-state index contributed by atoms with van der Waals surface area (Å²) < 4.78 is 6.45. The molecule has 12 nitrogen and oxygen atoms in total. The van der Waals surface area contributed by atoms with Crippen LogP contribution in [-0.4, -0.2) is 49.5 Å². The van der Waals surface area contributed by atoms with E-state index in [0.29, 0.717) is 31.4 Å². The van der Waals surface area contributed by atoms with Gasteiger partial charge in [-0.3, -0.25) is 29.4 Å². The molecule has 2 N–H and O–H groups in total. The van der Waals surface area contributed by atoms with Gasteiger partial charge in [-0.2, -0.15) is 5.10 Å². The van der Waals surface area contributed by atoms with Crippen LogP contribution in [0.4, 0.5) is 11.4 Å². The van der Waals surface area contributed by atoms with Crippen LogP contribution in [0.1, 0.15) is 48.8 Å². The molecule has 0 spiro atoms. The predicted molar refractivity (Wildman–Crippen MR) is 118 cm³/mol. The Kier molecular flexibility index (Phi) is 6.24. The highest BCUT2D eigenvalue weighted by Crippen LogP contribution is 2.25. The Morgan fingerprint density at radius 1 is 1.27 bits per heavy atom. The molecule has 0 unspecified atom stereocenters. The molecule has 3 aromatic rings. The smallest absolute Gasteiger partial charge is 0.408 e. The van der Waals surface area contributed by atoms with E-state index in [4.69, 9.17) is 4.42 Å². The first-order valence-electron chi connectivity index (χ1n) is 10.8. The molecule has 1 aliphatic heterocycles. The van der Waals surface area contributed by atoms with Gasteiger partial charge in [0.05, 0.1) is 10.4 Å². The fourth-order valence-electron chi connectivity index (χ4n) is 4.01. The van der Waals surface area contributed by atoms with E-state index in [9.17, 15) is 24.5 Å². The highest BCUT2D eigenvalue weighted by molar-refractivity contribution is 6.06. The molecule has 0 atom stereocenters. The van der Waals surface area contributed by atoms with Crippen molar-refractivity contribution in [1.82, 2.24) is 19.7 Å². The lowest BCUT2D eigenvalue weighted by Crippen LogP contribution is -2.39. The number of rotatable bonds is 7. The van der Waals surface area contributed by atoms with Crippen molar-refractivity contribution >= 4 is 34.3 Å². The van der Waals surface area contributed by atoms with Gasteiger partial charge in [0.2, 0.25) is 11.6 Å². The minimum absolute atomic E-state index is 0.172. The lowest BCUT2D eigenvalue weighted by Gasteiger charge is -2.26. The molecule has 0 saturated carbocycles. The average molecular weight is 456 g/mol. The number of aromatic amines is 1. The highest BCUT2D eigenvalue weighted by Gasteiger charge is 2.29. The standard InChI is InChI=1S/C21H24N6O6/c1-2-6-14-19(27(31)32)18(24-23-14)20(29)22-13-7-8-16-15(11-13)26(21(30)33-16)12-17(28)25-9-4-3-5-10-25/h7-8,11H,2-6,9-10,12H2,1H3,(H,22,29)(H,23,24). The number of piperidine rings is 1. The summed E-state index contributed by atoms with van der Waals surface area (Å²) in [6.07, 6.45) is 3.98. The number of H-pyrrole nitrogens is 1.